The van der Waals surface area contributed by atoms with E-state index in [0.717, 1.165) is 0 Å². The normalized spacial score (nSPS) is 12.7. The average Bonchev–Trinajstić information content (AvgIpc) is 3.04. The minimum atomic E-state index is -0.608. The van der Waals surface area contributed by atoms with Gasteiger partial charge in [0.2, 0.25) is 5.91 Å². The number of ether oxygens (including phenoxy) is 1. The molecule has 1 aromatic heterocycles. The summed E-state index contributed by atoms with van der Waals surface area (Å²) in [6.07, 6.45) is 0. The molecule has 0 aliphatic carbocycles. The molecule has 0 atom stereocenters. The number of hydrogen-bond donors (Lipinski definition) is 1. The molecule has 0 saturated carbocycles. The Balaban J connectivity index is 1.42. The fourth-order valence-electron chi connectivity index (χ4n) is 3.83. The molecule has 0 bridgehead atoms. The van der Waals surface area contributed by atoms with E-state index in [0.29, 0.717) is 46.1 Å². The Labute approximate surface area is 182 Å². The van der Waals surface area contributed by atoms with E-state index < -0.39 is 11.7 Å². The molecule has 160 valence electrons. The van der Waals surface area contributed by atoms with Crippen LogP contribution in [-0.4, -0.2) is 22.9 Å². The average molecular weight is 429 g/mol. The number of carbonyl (C=O) groups excluding carboxylic acids is 2. The molecule has 1 aliphatic heterocycles. The first-order valence-electron chi connectivity index (χ1n) is 10.2. The summed E-state index contributed by atoms with van der Waals surface area (Å²) in [7, 11) is 0. The number of oxazole rings is 1. The van der Waals surface area contributed by atoms with Crippen LogP contribution in [0.25, 0.3) is 11.1 Å². The third-order valence-corrected chi connectivity index (χ3v) is 5.31. The Morgan fingerprint density at radius 3 is 2.59 bits per heavy atom. The number of benzene rings is 3. The van der Waals surface area contributed by atoms with E-state index in [9.17, 15) is 14.4 Å². The number of amides is 2. The summed E-state index contributed by atoms with van der Waals surface area (Å²) in [6.45, 7) is 2.13. The smallest absolute Gasteiger partial charge is 0.420 e. The lowest BCUT2D eigenvalue weighted by Gasteiger charge is -2.19. The molecular weight excluding hydrogens is 410 g/mol. The van der Waals surface area contributed by atoms with Gasteiger partial charge in [-0.2, -0.15) is 0 Å². The van der Waals surface area contributed by atoms with Gasteiger partial charge >= 0.3 is 5.76 Å². The van der Waals surface area contributed by atoms with Crippen LogP contribution >= 0.6 is 0 Å². The number of aromatic nitrogens is 1. The van der Waals surface area contributed by atoms with E-state index in [1.54, 1.807) is 47.4 Å². The van der Waals surface area contributed by atoms with Crippen molar-refractivity contribution >= 4 is 34.3 Å². The van der Waals surface area contributed by atoms with Crippen molar-refractivity contribution in [2.45, 2.75) is 13.5 Å². The van der Waals surface area contributed by atoms with Crippen LogP contribution in [0, 0.1) is 0 Å². The van der Waals surface area contributed by atoms with Gasteiger partial charge in [0.1, 0.15) is 12.3 Å². The second-order valence-corrected chi connectivity index (χ2v) is 7.30. The molecule has 8 heteroatoms. The van der Waals surface area contributed by atoms with Gasteiger partial charge in [0, 0.05) is 12.2 Å². The summed E-state index contributed by atoms with van der Waals surface area (Å²) in [5.74, 6) is -0.252. The zero-order chi connectivity index (χ0) is 22.2. The molecule has 2 heterocycles. The van der Waals surface area contributed by atoms with Gasteiger partial charge in [-0.05, 0) is 49.4 Å². The Morgan fingerprint density at radius 2 is 1.75 bits per heavy atom. The maximum Gasteiger partial charge on any atom is 0.420 e. The summed E-state index contributed by atoms with van der Waals surface area (Å²) in [5.41, 5.74) is 2.40. The van der Waals surface area contributed by atoms with Gasteiger partial charge in [0.15, 0.2) is 11.3 Å². The van der Waals surface area contributed by atoms with E-state index in [1.807, 2.05) is 31.2 Å². The summed E-state index contributed by atoms with van der Waals surface area (Å²) < 4.78 is 12.4. The van der Waals surface area contributed by atoms with Crippen LogP contribution in [0.3, 0.4) is 0 Å². The number of carbonyl (C=O) groups is 2. The van der Waals surface area contributed by atoms with Crippen LogP contribution in [0.2, 0.25) is 0 Å². The molecule has 3 aromatic carbocycles. The van der Waals surface area contributed by atoms with Crippen molar-refractivity contribution in [2.75, 3.05) is 16.8 Å². The SMILES string of the molecule is CCN1C(=O)c2cc(NC(=O)Cn3c(=O)oc4ccccc43)ccc2Oc2ccccc21. The van der Waals surface area contributed by atoms with E-state index in [-0.39, 0.29) is 12.5 Å². The first kappa shape index (κ1) is 19.6. The zero-order valence-electron chi connectivity index (χ0n) is 17.2. The molecule has 4 aromatic rings. The monoisotopic (exact) mass is 429 g/mol. The van der Waals surface area contributed by atoms with Gasteiger partial charge < -0.3 is 19.4 Å². The lowest BCUT2D eigenvalue weighted by molar-refractivity contribution is -0.116. The molecule has 0 unspecified atom stereocenters. The highest BCUT2D eigenvalue weighted by atomic mass is 16.5. The number of rotatable bonds is 4. The highest BCUT2D eigenvalue weighted by molar-refractivity contribution is 6.10. The van der Waals surface area contributed by atoms with Gasteiger partial charge in [0.25, 0.3) is 5.91 Å². The van der Waals surface area contributed by atoms with Gasteiger partial charge in [-0.3, -0.25) is 14.2 Å². The fourth-order valence-corrected chi connectivity index (χ4v) is 3.83. The summed E-state index contributed by atoms with van der Waals surface area (Å²) >= 11 is 0. The standard InChI is InChI=1S/C24H19N3O5/c1-2-26-17-7-3-5-9-20(17)31-19-12-11-15(13-16(19)23(26)29)25-22(28)14-27-18-8-4-6-10-21(18)32-24(27)30/h3-13H,2,14H2,1H3,(H,25,28). The molecule has 5 rings (SSSR count). The second kappa shape index (κ2) is 7.73. The van der Waals surface area contributed by atoms with Crippen molar-refractivity contribution < 1.29 is 18.7 Å². The predicted octanol–water partition coefficient (Wildman–Crippen LogP) is 4.01. The maximum absolute atomic E-state index is 13.2. The highest BCUT2D eigenvalue weighted by Crippen LogP contribution is 2.39. The number of nitrogens with zero attached hydrogens (tertiary/aromatic N) is 2. The first-order chi connectivity index (χ1) is 15.5. The van der Waals surface area contributed by atoms with E-state index in [4.69, 9.17) is 9.15 Å². The Kier molecular flexibility index (Phi) is 4.74. The molecule has 0 saturated heterocycles. The molecule has 32 heavy (non-hydrogen) atoms. The van der Waals surface area contributed by atoms with Crippen molar-refractivity contribution in [1.82, 2.24) is 4.57 Å². The third-order valence-electron chi connectivity index (χ3n) is 5.31. The van der Waals surface area contributed by atoms with Crippen LogP contribution < -0.4 is 20.7 Å². The van der Waals surface area contributed by atoms with Gasteiger partial charge in [0.05, 0.1) is 16.8 Å². The van der Waals surface area contributed by atoms with Gasteiger partial charge in [-0.25, -0.2) is 4.79 Å². The maximum atomic E-state index is 13.2. The zero-order valence-corrected chi connectivity index (χ0v) is 17.2. The molecule has 0 radical (unpaired) electrons. The van der Waals surface area contributed by atoms with E-state index in [1.165, 1.54) is 4.57 Å². The summed E-state index contributed by atoms with van der Waals surface area (Å²) in [4.78, 5) is 39.6. The molecule has 1 N–H and O–H groups in total. The Morgan fingerprint density at radius 1 is 0.969 bits per heavy atom. The van der Waals surface area contributed by atoms with Crippen LogP contribution in [0.5, 0.6) is 11.5 Å². The summed E-state index contributed by atoms with van der Waals surface area (Å²) in [5, 5.41) is 2.75. The largest absolute Gasteiger partial charge is 0.454 e. The molecule has 2 amide bonds. The molecule has 0 fully saturated rings. The first-order valence-corrected chi connectivity index (χ1v) is 10.2. The topological polar surface area (TPSA) is 93.8 Å². The number of anilines is 2. The van der Waals surface area contributed by atoms with Crippen LogP contribution in [0.4, 0.5) is 11.4 Å². The third kappa shape index (κ3) is 3.31. The Hall–Kier alpha value is -4.33. The number of para-hydroxylation sites is 4. The quantitative estimate of drug-likeness (QED) is 0.529. The number of hydrogen-bond acceptors (Lipinski definition) is 5. The van der Waals surface area contributed by atoms with Crippen molar-refractivity contribution in [3.05, 3.63) is 82.8 Å². The summed E-state index contributed by atoms with van der Waals surface area (Å²) in [6, 6.07) is 19.1. The molecular formula is C24H19N3O5. The highest BCUT2D eigenvalue weighted by Gasteiger charge is 2.27. The second-order valence-electron chi connectivity index (χ2n) is 7.30. The number of nitrogens with one attached hydrogen (secondary N) is 1. The van der Waals surface area contributed by atoms with E-state index in [2.05, 4.69) is 5.32 Å². The van der Waals surface area contributed by atoms with Crippen molar-refractivity contribution in [3.8, 4) is 11.5 Å². The molecule has 0 spiro atoms. The van der Waals surface area contributed by atoms with Crippen LogP contribution in [-0.2, 0) is 11.3 Å². The van der Waals surface area contributed by atoms with Crippen molar-refractivity contribution in [2.24, 2.45) is 0 Å². The van der Waals surface area contributed by atoms with E-state index >= 15 is 0 Å². The minimum absolute atomic E-state index is 0.218. The lowest BCUT2D eigenvalue weighted by Crippen LogP contribution is -2.30. The van der Waals surface area contributed by atoms with Crippen LogP contribution in [0.15, 0.2) is 75.9 Å². The molecule has 1 aliphatic rings. The lowest BCUT2D eigenvalue weighted by atomic mass is 10.1. The number of fused-ring (bicyclic) bond motifs is 3. The van der Waals surface area contributed by atoms with Crippen molar-refractivity contribution in [3.63, 3.8) is 0 Å². The molecule has 8 nitrogen and oxygen atoms in total. The minimum Gasteiger partial charge on any atom is -0.454 e. The fraction of sp³-hybridized carbons (Fsp3) is 0.125. The van der Waals surface area contributed by atoms with Crippen LogP contribution in [0.1, 0.15) is 17.3 Å². The van der Waals surface area contributed by atoms with Crippen molar-refractivity contribution in [1.29, 1.82) is 0 Å². The predicted molar refractivity (Wildman–Crippen MR) is 119 cm³/mol. The van der Waals surface area contributed by atoms with Gasteiger partial charge in [-0.15, -0.1) is 0 Å². The van der Waals surface area contributed by atoms with Gasteiger partial charge in [-0.1, -0.05) is 24.3 Å². The Bertz CT molecular complexity index is 1420.